The van der Waals surface area contributed by atoms with Crippen molar-refractivity contribution in [2.75, 3.05) is 5.73 Å². The Morgan fingerprint density at radius 1 is 1.10 bits per heavy atom. The Hall–Kier alpha value is -2.07. The van der Waals surface area contributed by atoms with Crippen molar-refractivity contribution >= 4 is 17.2 Å². The van der Waals surface area contributed by atoms with Crippen molar-refractivity contribution in [2.24, 2.45) is 0 Å². The number of aryl methyl sites for hydroxylation is 2. The molecule has 0 saturated heterocycles. The number of aromatic nitrogens is 1. The summed E-state index contributed by atoms with van der Waals surface area (Å²) in [7, 11) is 0. The lowest BCUT2D eigenvalue weighted by molar-refractivity contribution is 0.437. The molecule has 0 aliphatic heterocycles. The van der Waals surface area contributed by atoms with E-state index in [2.05, 4.69) is 11.2 Å². The van der Waals surface area contributed by atoms with Gasteiger partial charge < -0.3 is 10.3 Å². The normalized spacial score (nSPS) is 14.1. The van der Waals surface area contributed by atoms with Crippen LogP contribution in [0.5, 0.6) is 0 Å². The molecule has 0 radical (unpaired) electrons. The van der Waals surface area contributed by atoms with Gasteiger partial charge in [0.1, 0.15) is 0 Å². The van der Waals surface area contributed by atoms with Crippen LogP contribution in [0.15, 0.2) is 40.9 Å². The van der Waals surface area contributed by atoms with Crippen LogP contribution in [0.25, 0.3) is 21.8 Å². The second-order valence-corrected chi connectivity index (χ2v) is 6.54. The zero-order chi connectivity index (χ0) is 14.2. The highest BCUT2D eigenvalue weighted by Gasteiger charge is 2.21. The molecule has 1 aromatic carbocycles. The molecule has 1 aliphatic rings. The molecule has 0 unspecified atom stereocenters. The van der Waals surface area contributed by atoms with E-state index >= 15 is 0 Å². The first-order chi connectivity index (χ1) is 10.3. The van der Waals surface area contributed by atoms with Gasteiger partial charge in [0.2, 0.25) is 0 Å². The molecule has 2 N–H and O–H groups in total. The van der Waals surface area contributed by atoms with Crippen molar-refractivity contribution in [1.29, 1.82) is 0 Å². The fourth-order valence-corrected chi connectivity index (χ4v) is 4.19. The average Bonchev–Trinajstić information content (AvgIpc) is 3.11. The summed E-state index contributed by atoms with van der Waals surface area (Å²) < 4.78 is 5.55. The number of nitrogens with two attached hydrogens (primary N) is 1. The number of thiophene rings is 1. The molecule has 0 spiro atoms. The lowest BCUT2D eigenvalue weighted by Crippen LogP contribution is -1.96. The molecular weight excluding hydrogens is 280 g/mol. The number of benzene rings is 1. The first-order valence-electron chi connectivity index (χ1n) is 7.25. The van der Waals surface area contributed by atoms with E-state index in [9.17, 15) is 0 Å². The number of fused-ring (bicyclic) bond motifs is 1. The van der Waals surface area contributed by atoms with Gasteiger partial charge in [0.25, 0.3) is 0 Å². The maximum absolute atomic E-state index is 6.03. The van der Waals surface area contributed by atoms with E-state index in [4.69, 9.17) is 10.3 Å². The van der Waals surface area contributed by atoms with Gasteiger partial charge in [-0.2, -0.15) is 0 Å². The summed E-state index contributed by atoms with van der Waals surface area (Å²) in [5, 5.41) is 3.98. The summed E-state index contributed by atoms with van der Waals surface area (Å²) >= 11 is 1.82. The van der Waals surface area contributed by atoms with Crippen LogP contribution >= 0.6 is 11.3 Å². The van der Waals surface area contributed by atoms with Crippen LogP contribution in [-0.2, 0) is 12.8 Å². The second kappa shape index (κ2) is 5.04. The summed E-state index contributed by atoms with van der Waals surface area (Å²) in [6, 6.07) is 12.3. The first kappa shape index (κ1) is 12.7. The summed E-state index contributed by atoms with van der Waals surface area (Å²) in [5.74, 6) is 1.26. The van der Waals surface area contributed by atoms with Gasteiger partial charge in [-0.15, -0.1) is 11.3 Å². The van der Waals surface area contributed by atoms with Crippen LogP contribution in [0, 0.1) is 0 Å². The highest BCUT2D eigenvalue weighted by atomic mass is 32.1. The summed E-state index contributed by atoms with van der Waals surface area (Å²) in [6.45, 7) is 0. The molecule has 4 rings (SSSR count). The van der Waals surface area contributed by atoms with Crippen molar-refractivity contribution in [3.05, 3.63) is 46.8 Å². The van der Waals surface area contributed by atoms with Gasteiger partial charge in [0.05, 0.1) is 10.4 Å². The maximum atomic E-state index is 6.03. The third-order valence-electron chi connectivity index (χ3n) is 4.00. The summed E-state index contributed by atoms with van der Waals surface area (Å²) in [5.41, 5.74) is 9.47. The van der Waals surface area contributed by atoms with Crippen molar-refractivity contribution in [3.8, 4) is 21.8 Å². The number of hydrogen-bond donors (Lipinski definition) is 1. The van der Waals surface area contributed by atoms with Gasteiger partial charge in [-0.3, -0.25) is 0 Å². The number of anilines is 1. The predicted octanol–water partition coefficient (Wildman–Crippen LogP) is 4.53. The van der Waals surface area contributed by atoms with E-state index in [1.807, 2.05) is 41.7 Å². The highest BCUT2D eigenvalue weighted by Crippen LogP contribution is 2.42. The largest absolute Gasteiger partial charge is 0.380 e. The number of rotatable bonds is 2. The SMILES string of the molecule is Nc1noc(-c2cc3c(s2)CCCC3)c1-c1ccccc1. The Morgan fingerprint density at radius 2 is 1.90 bits per heavy atom. The van der Waals surface area contributed by atoms with E-state index in [1.54, 1.807) is 0 Å². The van der Waals surface area contributed by atoms with E-state index in [0.717, 1.165) is 21.8 Å². The predicted molar refractivity (Wildman–Crippen MR) is 86.3 cm³/mol. The van der Waals surface area contributed by atoms with Gasteiger partial charge >= 0.3 is 0 Å². The minimum absolute atomic E-state index is 0.461. The molecule has 21 heavy (non-hydrogen) atoms. The van der Waals surface area contributed by atoms with Crippen molar-refractivity contribution in [3.63, 3.8) is 0 Å². The van der Waals surface area contributed by atoms with Gasteiger partial charge in [-0.1, -0.05) is 35.5 Å². The Morgan fingerprint density at radius 3 is 2.71 bits per heavy atom. The molecule has 2 heterocycles. The minimum atomic E-state index is 0.461. The second-order valence-electron chi connectivity index (χ2n) is 5.40. The van der Waals surface area contributed by atoms with E-state index in [0.29, 0.717) is 5.82 Å². The van der Waals surface area contributed by atoms with E-state index in [-0.39, 0.29) is 0 Å². The molecule has 0 amide bonds. The highest BCUT2D eigenvalue weighted by molar-refractivity contribution is 7.15. The van der Waals surface area contributed by atoms with Crippen LogP contribution in [0.4, 0.5) is 5.82 Å². The van der Waals surface area contributed by atoms with E-state index < -0.39 is 0 Å². The van der Waals surface area contributed by atoms with E-state index in [1.165, 1.54) is 36.1 Å². The van der Waals surface area contributed by atoms with Gasteiger partial charge in [0.15, 0.2) is 11.6 Å². The molecular formula is C17H16N2OS. The topological polar surface area (TPSA) is 52.0 Å². The van der Waals surface area contributed by atoms with Crippen molar-refractivity contribution in [1.82, 2.24) is 5.16 Å². The Kier molecular flexibility index (Phi) is 3.04. The smallest absolute Gasteiger partial charge is 0.186 e. The van der Waals surface area contributed by atoms with Crippen LogP contribution in [0.2, 0.25) is 0 Å². The zero-order valence-electron chi connectivity index (χ0n) is 11.6. The minimum Gasteiger partial charge on any atom is -0.380 e. The Labute approximate surface area is 127 Å². The van der Waals surface area contributed by atoms with Crippen molar-refractivity contribution in [2.45, 2.75) is 25.7 Å². The molecule has 0 fully saturated rings. The molecule has 2 aromatic heterocycles. The molecule has 3 nitrogen and oxygen atoms in total. The lowest BCUT2D eigenvalue weighted by Gasteiger charge is -2.08. The zero-order valence-corrected chi connectivity index (χ0v) is 12.5. The average molecular weight is 296 g/mol. The monoisotopic (exact) mass is 296 g/mol. The van der Waals surface area contributed by atoms with Gasteiger partial charge in [0, 0.05) is 4.88 Å². The molecule has 4 heteroatoms. The molecule has 3 aromatic rings. The quantitative estimate of drug-likeness (QED) is 0.755. The van der Waals surface area contributed by atoms with Crippen LogP contribution in [0.1, 0.15) is 23.3 Å². The molecule has 0 bridgehead atoms. The summed E-state index contributed by atoms with van der Waals surface area (Å²) in [6.07, 6.45) is 4.94. The number of hydrogen-bond acceptors (Lipinski definition) is 4. The van der Waals surface area contributed by atoms with Gasteiger partial charge in [-0.05, 0) is 42.9 Å². The fraction of sp³-hybridized carbons (Fsp3) is 0.235. The number of nitrogens with zero attached hydrogens (tertiary/aromatic N) is 1. The third kappa shape index (κ3) is 2.16. The number of nitrogen functional groups attached to an aromatic ring is 1. The van der Waals surface area contributed by atoms with Crippen LogP contribution < -0.4 is 5.73 Å². The van der Waals surface area contributed by atoms with Crippen molar-refractivity contribution < 1.29 is 4.52 Å². The van der Waals surface area contributed by atoms with Crippen LogP contribution in [-0.4, -0.2) is 5.16 Å². The maximum Gasteiger partial charge on any atom is 0.186 e. The Balaban J connectivity index is 1.85. The molecule has 106 valence electrons. The lowest BCUT2D eigenvalue weighted by atomic mass is 9.98. The molecule has 0 atom stereocenters. The third-order valence-corrected chi connectivity index (χ3v) is 5.24. The standard InChI is InChI=1S/C17H16N2OS/c18-17-15(11-6-2-1-3-7-11)16(20-19-17)14-10-12-8-4-5-9-13(12)21-14/h1-3,6-7,10H,4-5,8-9H2,(H2,18,19). The molecule has 1 aliphatic carbocycles. The first-order valence-corrected chi connectivity index (χ1v) is 8.07. The fourth-order valence-electron chi connectivity index (χ4n) is 2.96. The summed E-state index contributed by atoms with van der Waals surface area (Å²) in [4.78, 5) is 2.63. The molecule has 0 saturated carbocycles. The van der Waals surface area contributed by atoms with Crippen LogP contribution in [0.3, 0.4) is 0 Å². The van der Waals surface area contributed by atoms with Gasteiger partial charge in [-0.25, -0.2) is 0 Å². The Bertz CT molecular complexity index is 750.